The van der Waals surface area contributed by atoms with Gasteiger partial charge in [-0.15, -0.1) is 0 Å². The summed E-state index contributed by atoms with van der Waals surface area (Å²) in [6.07, 6.45) is 3.28. The SMILES string of the molecule is COc1cc(N)c(Cl)cc1C(=O)OCCN1CCC(CCCCN(C(=O)OC(C)(C)C)C(=O)OC(C)(C)C)CC1. The smallest absolute Gasteiger partial charge is 0.419 e. The number of nitrogen functional groups attached to an aromatic ring is 1. The highest BCUT2D eigenvalue weighted by Crippen LogP contribution is 2.29. The number of amides is 2. The zero-order valence-electron chi connectivity index (χ0n) is 25.0. The van der Waals surface area contributed by atoms with Gasteiger partial charge < -0.3 is 24.7 Å². The molecule has 1 heterocycles. The van der Waals surface area contributed by atoms with Crippen LogP contribution in [0.1, 0.15) is 84.0 Å². The van der Waals surface area contributed by atoms with Crippen LogP contribution in [0.4, 0.5) is 15.3 Å². The molecule has 0 atom stereocenters. The van der Waals surface area contributed by atoms with Gasteiger partial charge in [0.25, 0.3) is 0 Å². The van der Waals surface area contributed by atoms with Gasteiger partial charge in [0, 0.05) is 19.2 Å². The van der Waals surface area contributed by atoms with Crippen LogP contribution in [0.5, 0.6) is 5.75 Å². The van der Waals surface area contributed by atoms with Gasteiger partial charge in [0.05, 0.1) is 17.8 Å². The predicted octanol–water partition coefficient (Wildman–Crippen LogP) is 6.14. The Morgan fingerprint density at radius 1 is 1.00 bits per heavy atom. The molecule has 1 saturated heterocycles. The van der Waals surface area contributed by atoms with E-state index in [1.54, 1.807) is 41.5 Å². The summed E-state index contributed by atoms with van der Waals surface area (Å²) in [4.78, 5) is 41.1. The number of hydrogen-bond acceptors (Lipinski definition) is 9. The molecule has 1 aromatic rings. The zero-order chi connectivity index (χ0) is 30.1. The average Bonchev–Trinajstić information content (AvgIpc) is 2.83. The lowest BCUT2D eigenvalue weighted by molar-refractivity contribution is 0.00103. The largest absolute Gasteiger partial charge is 0.496 e. The summed E-state index contributed by atoms with van der Waals surface area (Å²) in [6.45, 7) is 13.6. The number of esters is 1. The lowest BCUT2D eigenvalue weighted by Gasteiger charge is -2.32. The molecule has 1 aliphatic heterocycles. The van der Waals surface area contributed by atoms with Gasteiger partial charge in [-0.25, -0.2) is 19.3 Å². The third kappa shape index (κ3) is 11.4. The van der Waals surface area contributed by atoms with Gasteiger partial charge in [0.1, 0.15) is 29.1 Å². The van der Waals surface area contributed by atoms with Gasteiger partial charge in [0.15, 0.2) is 0 Å². The van der Waals surface area contributed by atoms with Crippen LogP contribution in [0.25, 0.3) is 0 Å². The van der Waals surface area contributed by atoms with Crippen molar-refractivity contribution in [2.24, 2.45) is 5.92 Å². The van der Waals surface area contributed by atoms with Crippen molar-refractivity contribution < 1.29 is 33.3 Å². The summed E-state index contributed by atoms with van der Waals surface area (Å²) in [6, 6.07) is 2.97. The van der Waals surface area contributed by atoms with E-state index in [0.29, 0.717) is 30.3 Å². The van der Waals surface area contributed by atoms with Crippen LogP contribution in [0, 0.1) is 5.92 Å². The molecule has 2 amide bonds. The number of carbonyl (C=O) groups excluding carboxylic acids is 3. The summed E-state index contributed by atoms with van der Waals surface area (Å²) in [7, 11) is 1.46. The summed E-state index contributed by atoms with van der Waals surface area (Å²) in [5.41, 5.74) is 4.95. The Morgan fingerprint density at radius 2 is 1.57 bits per heavy atom. The molecule has 0 aliphatic carbocycles. The number of halogens is 1. The molecule has 0 bridgehead atoms. The molecule has 11 heteroatoms. The maximum absolute atomic E-state index is 12.6. The zero-order valence-corrected chi connectivity index (χ0v) is 25.8. The van der Waals surface area contributed by atoms with Gasteiger partial charge in [0.2, 0.25) is 0 Å². The molecule has 0 aromatic heterocycles. The van der Waals surface area contributed by atoms with E-state index in [1.807, 2.05) is 0 Å². The fourth-order valence-electron chi connectivity index (χ4n) is 4.34. The van der Waals surface area contributed by atoms with E-state index in [4.69, 9.17) is 36.3 Å². The quantitative estimate of drug-likeness (QED) is 0.150. The highest BCUT2D eigenvalue weighted by Gasteiger charge is 2.31. The van der Waals surface area contributed by atoms with E-state index >= 15 is 0 Å². The minimum absolute atomic E-state index is 0.248. The number of carbonyl (C=O) groups is 3. The summed E-state index contributed by atoms with van der Waals surface area (Å²) in [5.74, 6) is 0.393. The topological polar surface area (TPSA) is 121 Å². The Balaban J connectivity index is 1.73. The van der Waals surface area contributed by atoms with Crippen LogP contribution in [0.2, 0.25) is 5.02 Å². The normalized spacial score (nSPS) is 14.9. The molecule has 226 valence electrons. The second-order valence-electron chi connectivity index (χ2n) is 12.1. The first-order chi connectivity index (χ1) is 18.6. The van der Waals surface area contributed by atoms with Crippen LogP contribution < -0.4 is 10.5 Å². The molecule has 0 unspecified atom stereocenters. The molecule has 10 nitrogen and oxygen atoms in total. The number of ether oxygens (including phenoxy) is 4. The van der Waals surface area contributed by atoms with Crippen LogP contribution >= 0.6 is 11.6 Å². The van der Waals surface area contributed by atoms with Gasteiger partial charge in [-0.05, 0) is 85.9 Å². The molecule has 0 saturated carbocycles. The number of likely N-dealkylation sites (tertiary alicyclic amines) is 1. The van der Waals surface area contributed by atoms with Crippen molar-refractivity contribution >= 4 is 35.4 Å². The van der Waals surface area contributed by atoms with Crippen molar-refractivity contribution in [3.63, 3.8) is 0 Å². The molecular weight excluding hydrogens is 538 g/mol. The number of imide groups is 1. The Labute approximate surface area is 243 Å². The number of nitrogens with two attached hydrogens (primary N) is 1. The van der Waals surface area contributed by atoms with Crippen LogP contribution in [-0.4, -0.2) is 79.1 Å². The van der Waals surface area contributed by atoms with Crippen molar-refractivity contribution in [2.75, 3.05) is 45.6 Å². The van der Waals surface area contributed by atoms with Crippen LogP contribution in [0.15, 0.2) is 12.1 Å². The van der Waals surface area contributed by atoms with Gasteiger partial charge in [-0.2, -0.15) is 0 Å². The van der Waals surface area contributed by atoms with E-state index in [9.17, 15) is 14.4 Å². The Morgan fingerprint density at radius 3 is 2.10 bits per heavy atom. The van der Waals surface area contributed by atoms with E-state index in [2.05, 4.69) is 4.90 Å². The number of piperidine rings is 1. The number of hydrogen-bond donors (Lipinski definition) is 1. The molecule has 2 rings (SSSR count). The summed E-state index contributed by atoms with van der Waals surface area (Å²) >= 11 is 6.05. The fraction of sp³-hybridized carbons (Fsp3) is 0.690. The minimum Gasteiger partial charge on any atom is -0.496 e. The summed E-state index contributed by atoms with van der Waals surface area (Å²) < 4.78 is 21.5. The van der Waals surface area contributed by atoms with Gasteiger partial charge >= 0.3 is 18.2 Å². The third-order valence-electron chi connectivity index (χ3n) is 6.36. The lowest BCUT2D eigenvalue weighted by Crippen LogP contribution is -2.44. The molecular formula is C29H46ClN3O7. The number of methoxy groups -OCH3 is 1. The maximum atomic E-state index is 12.6. The van der Waals surface area contributed by atoms with Crippen molar-refractivity contribution in [1.29, 1.82) is 0 Å². The third-order valence-corrected chi connectivity index (χ3v) is 6.69. The number of nitrogens with zero attached hydrogens (tertiary/aromatic N) is 2. The predicted molar refractivity (Wildman–Crippen MR) is 155 cm³/mol. The van der Waals surface area contributed by atoms with Crippen LogP contribution in [-0.2, 0) is 14.2 Å². The van der Waals surface area contributed by atoms with Crippen molar-refractivity contribution in [3.05, 3.63) is 22.7 Å². The molecule has 0 radical (unpaired) electrons. The number of benzene rings is 1. The van der Waals surface area contributed by atoms with Gasteiger partial charge in [-0.3, -0.25) is 4.90 Å². The van der Waals surface area contributed by atoms with E-state index in [-0.39, 0.29) is 23.7 Å². The second-order valence-corrected chi connectivity index (χ2v) is 12.5. The number of anilines is 1. The van der Waals surface area contributed by atoms with Crippen molar-refractivity contribution in [2.45, 2.75) is 84.8 Å². The fourth-order valence-corrected chi connectivity index (χ4v) is 4.50. The monoisotopic (exact) mass is 583 g/mol. The molecule has 1 aromatic carbocycles. The first kappa shape index (κ1) is 33.5. The first-order valence-corrected chi connectivity index (χ1v) is 14.2. The molecule has 1 fully saturated rings. The maximum Gasteiger partial charge on any atom is 0.419 e. The van der Waals surface area contributed by atoms with Crippen molar-refractivity contribution in [1.82, 2.24) is 9.80 Å². The highest BCUT2D eigenvalue weighted by atomic mass is 35.5. The standard InChI is InChI=1S/C29H46ClN3O7/c1-28(2,3)39-26(35)33(27(36)40-29(4,5)6)13-9-8-10-20-11-14-32(15-12-20)16-17-38-25(34)21-18-22(30)23(31)19-24(21)37-7/h18-20H,8-17,31H2,1-7H3. The van der Waals surface area contributed by atoms with Gasteiger partial charge in [-0.1, -0.05) is 24.4 Å². The molecule has 1 aliphatic rings. The summed E-state index contributed by atoms with van der Waals surface area (Å²) in [5, 5.41) is 0.275. The molecule has 40 heavy (non-hydrogen) atoms. The highest BCUT2D eigenvalue weighted by molar-refractivity contribution is 6.33. The average molecular weight is 584 g/mol. The van der Waals surface area contributed by atoms with E-state index in [1.165, 1.54) is 19.2 Å². The van der Waals surface area contributed by atoms with E-state index < -0.39 is 29.4 Å². The minimum atomic E-state index is -0.708. The number of rotatable bonds is 10. The Bertz CT molecular complexity index is 984. The van der Waals surface area contributed by atoms with Crippen molar-refractivity contribution in [3.8, 4) is 5.75 Å². The van der Waals surface area contributed by atoms with E-state index in [0.717, 1.165) is 43.7 Å². The lowest BCUT2D eigenvalue weighted by atomic mass is 9.91. The molecule has 0 spiro atoms. The number of unbranched alkanes of at least 4 members (excludes halogenated alkanes) is 1. The Hall–Kier alpha value is -2.72. The molecule has 2 N–H and O–H groups in total. The second kappa shape index (κ2) is 14.8. The Kier molecular flexibility index (Phi) is 12.4. The van der Waals surface area contributed by atoms with Crippen LogP contribution in [0.3, 0.4) is 0 Å². The first-order valence-electron chi connectivity index (χ1n) is 13.9.